The van der Waals surface area contributed by atoms with Crippen LogP contribution in [-0.2, 0) is 11.3 Å². The van der Waals surface area contributed by atoms with Gasteiger partial charge in [-0.3, -0.25) is 4.79 Å². The summed E-state index contributed by atoms with van der Waals surface area (Å²) < 4.78 is 26.0. The second-order valence-electron chi connectivity index (χ2n) is 3.86. The Kier molecular flexibility index (Phi) is 5.51. The smallest absolute Gasteiger partial charge is 0.233 e. The fourth-order valence-electron chi connectivity index (χ4n) is 1.37. The molecule has 0 spiro atoms. The van der Waals surface area contributed by atoms with Gasteiger partial charge >= 0.3 is 0 Å². The molecule has 1 amide bonds. The summed E-state index contributed by atoms with van der Waals surface area (Å²) in [4.78, 5) is 11.2. The van der Waals surface area contributed by atoms with Gasteiger partial charge in [-0.1, -0.05) is 6.92 Å². The van der Waals surface area contributed by atoms with Crippen LogP contribution in [0, 0.1) is 11.6 Å². The predicted octanol–water partition coefficient (Wildman–Crippen LogP) is 1.29. The molecule has 6 heteroatoms. The molecule has 1 aromatic carbocycles. The van der Waals surface area contributed by atoms with Gasteiger partial charge in [-0.2, -0.15) is 0 Å². The van der Waals surface area contributed by atoms with Crippen molar-refractivity contribution in [3.8, 4) is 5.75 Å². The molecule has 0 aliphatic carbocycles. The van der Waals surface area contributed by atoms with E-state index in [4.69, 9.17) is 5.11 Å². The molecule has 0 aliphatic rings. The number of benzene rings is 1. The Morgan fingerprint density at radius 1 is 1.33 bits per heavy atom. The Balaban J connectivity index is 2.42. The van der Waals surface area contributed by atoms with Crippen molar-refractivity contribution in [1.29, 1.82) is 0 Å². The van der Waals surface area contributed by atoms with Crippen molar-refractivity contribution in [2.45, 2.75) is 19.9 Å². The molecule has 0 atom stereocenters. The van der Waals surface area contributed by atoms with E-state index in [0.29, 0.717) is 12.1 Å². The molecule has 1 aromatic rings. The summed E-state index contributed by atoms with van der Waals surface area (Å²) >= 11 is 0. The maximum absolute atomic E-state index is 13.0. The molecule has 0 aliphatic heterocycles. The van der Waals surface area contributed by atoms with E-state index in [-0.39, 0.29) is 19.0 Å². The number of hydrogen-bond acceptors (Lipinski definition) is 3. The molecule has 0 fully saturated rings. The first-order valence-corrected chi connectivity index (χ1v) is 5.69. The van der Waals surface area contributed by atoms with Crippen LogP contribution in [0.2, 0.25) is 0 Å². The van der Waals surface area contributed by atoms with Gasteiger partial charge in [-0.15, -0.1) is 0 Å². The highest BCUT2D eigenvalue weighted by Crippen LogP contribution is 2.21. The number of rotatable bonds is 6. The van der Waals surface area contributed by atoms with Gasteiger partial charge in [0, 0.05) is 13.1 Å². The van der Waals surface area contributed by atoms with Gasteiger partial charge in [0.25, 0.3) is 0 Å². The van der Waals surface area contributed by atoms with Crippen molar-refractivity contribution >= 4 is 5.91 Å². The number of amides is 1. The first-order chi connectivity index (χ1) is 8.54. The number of phenolic OH excluding ortho intramolecular Hbond substituents is 1. The molecule has 18 heavy (non-hydrogen) atoms. The molecule has 1 rings (SSSR count). The lowest BCUT2D eigenvalue weighted by atomic mass is 10.2. The minimum absolute atomic E-state index is 0.0735. The van der Waals surface area contributed by atoms with Gasteiger partial charge in [0.2, 0.25) is 5.91 Å². The van der Waals surface area contributed by atoms with E-state index < -0.39 is 17.4 Å². The zero-order chi connectivity index (χ0) is 13.5. The highest BCUT2D eigenvalue weighted by Gasteiger charge is 2.09. The van der Waals surface area contributed by atoms with Crippen LogP contribution in [0.5, 0.6) is 5.75 Å². The van der Waals surface area contributed by atoms with E-state index >= 15 is 0 Å². The predicted molar refractivity (Wildman–Crippen MR) is 63.0 cm³/mol. The molecular formula is C12H16F2N2O2. The minimum atomic E-state index is -1.01. The monoisotopic (exact) mass is 258 g/mol. The van der Waals surface area contributed by atoms with Crippen LogP contribution in [0.15, 0.2) is 12.1 Å². The van der Waals surface area contributed by atoms with Crippen molar-refractivity contribution in [2.75, 3.05) is 13.1 Å². The van der Waals surface area contributed by atoms with Crippen molar-refractivity contribution < 1.29 is 18.7 Å². The van der Waals surface area contributed by atoms with Crippen LogP contribution in [0.1, 0.15) is 18.9 Å². The zero-order valence-electron chi connectivity index (χ0n) is 10.1. The van der Waals surface area contributed by atoms with Gasteiger partial charge in [0.05, 0.1) is 6.54 Å². The van der Waals surface area contributed by atoms with Crippen LogP contribution < -0.4 is 10.6 Å². The van der Waals surface area contributed by atoms with E-state index in [0.717, 1.165) is 18.6 Å². The Morgan fingerprint density at radius 3 is 2.50 bits per heavy atom. The standard InChI is InChI=1S/C12H16F2N2O2/c1-2-3-16-11(17)7-15-6-8-4-9(13)12(18)10(14)5-8/h4-5,15,18H,2-3,6-7H2,1H3,(H,16,17). The number of phenols is 1. The van der Waals surface area contributed by atoms with Gasteiger partial charge in [0.15, 0.2) is 17.4 Å². The minimum Gasteiger partial charge on any atom is -0.503 e. The second kappa shape index (κ2) is 6.90. The molecule has 0 saturated carbocycles. The zero-order valence-corrected chi connectivity index (χ0v) is 10.1. The number of nitrogens with one attached hydrogen (secondary N) is 2. The van der Waals surface area contributed by atoms with Gasteiger partial charge in [-0.05, 0) is 24.1 Å². The molecule has 4 nitrogen and oxygen atoms in total. The lowest BCUT2D eigenvalue weighted by Crippen LogP contribution is -2.33. The summed E-state index contributed by atoms with van der Waals surface area (Å²) in [6, 6.07) is 2.05. The summed E-state index contributed by atoms with van der Waals surface area (Å²) in [6.07, 6.45) is 0.847. The third-order valence-corrected chi connectivity index (χ3v) is 2.26. The normalized spacial score (nSPS) is 10.4. The Bertz CT molecular complexity index is 402. The highest BCUT2D eigenvalue weighted by atomic mass is 19.1. The van der Waals surface area contributed by atoms with E-state index in [9.17, 15) is 13.6 Å². The Morgan fingerprint density at radius 2 is 1.94 bits per heavy atom. The van der Waals surface area contributed by atoms with E-state index in [1.807, 2.05) is 6.92 Å². The van der Waals surface area contributed by atoms with Crippen molar-refractivity contribution in [3.05, 3.63) is 29.3 Å². The molecule has 0 aromatic heterocycles. The molecule has 0 heterocycles. The lowest BCUT2D eigenvalue weighted by molar-refractivity contribution is -0.120. The number of hydrogen-bond donors (Lipinski definition) is 3. The van der Waals surface area contributed by atoms with E-state index in [2.05, 4.69) is 10.6 Å². The number of carbonyl (C=O) groups is 1. The van der Waals surface area contributed by atoms with Crippen LogP contribution in [0.4, 0.5) is 8.78 Å². The van der Waals surface area contributed by atoms with E-state index in [1.165, 1.54) is 0 Å². The van der Waals surface area contributed by atoms with Crippen LogP contribution in [0.3, 0.4) is 0 Å². The molecule has 3 N–H and O–H groups in total. The first-order valence-electron chi connectivity index (χ1n) is 5.69. The van der Waals surface area contributed by atoms with Crippen LogP contribution in [0.25, 0.3) is 0 Å². The summed E-state index contributed by atoms with van der Waals surface area (Å²) in [6.45, 7) is 2.76. The van der Waals surface area contributed by atoms with Gasteiger partial charge < -0.3 is 15.7 Å². The quantitative estimate of drug-likeness (QED) is 0.720. The average molecular weight is 258 g/mol. The van der Waals surface area contributed by atoms with Crippen LogP contribution >= 0.6 is 0 Å². The summed E-state index contributed by atoms with van der Waals surface area (Å²) in [5.41, 5.74) is 0.325. The molecule has 100 valence electrons. The molecule has 0 unspecified atom stereocenters. The Hall–Kier alpha value is -1.69. The van der Waals surface area contributed by atoms with Crippen molar-refractivity contribution in [3.63, 3.8) is 0 Å². The summed E-state index contributed by atoms with van der Waals surface area (Å²) in [7, 11) is 0. The molecule has 0 saturated heterocycles. The lowest BCUT2D eigenvalue weighted by Gasteiger charge is -2.07. The molecule has 0 radical (unpaired) electrons. The van der Waals surface area contributed by atoms with Crippen molar-refractivity contribution in [2.24, 2.45) is 0 Å². The largest absolute Gasteiger partial charge is 0.503 e. The fraction of sp³-hybridized carbons (Fsp3) is 0.417. The summed E-state index contributed by atoms with van der Waals surface area (Å²) in [5, 5.41) is 14.3. The highest BCUT2D eigenvalue weighted by molar-refractivity contribution is 5.77. The maximum Gasteiger partial charge on any atom is 0.233 e. The summed E-state index contributed by atoms with van der Waals surface area (Å²) in [5.74, 6) is -3.18. The maximum atomic E-state index is 13.0. The van der Waals surface area contributed by atoms with Gasteiger partial charge in [-0.25, -0.2) is 8.78 Å². The number of halogens is 2. The topological polar surface area (TPSA) is 61.4 Å². The molecular weight excluding hydrogens is 242 g/mol. The average Bonchev–Trinajstić information content (AvgIpc) is 2.33. The van der Waals surface area contributed by atoms with Crippen molar-refractivity contribution in [1.82, 2.24) is 10.6 Å². The second-order valence-corrected chi connectivity index (χ2v) is 3.86. The first kappa shape index (κ1) is 14.4. The molecule has 0 bridgehead atoms. The van der Waals surface area contributed by atoms with E-state index in [1.54, 1.807) is 0 Å². The third-order valence-electron chi connectivity index (χ3n) is 2.26. The van der Waals surface area contributed by atoms with Gasteiger partial charge in [0.1, 0.15) is 0 Å². The third kappa shape index (κ3) is 4.29. The van der Waals surface area contributed by atoms with Crippen LogP contribution in [-0.4, -0.2) is 24.1 Å². The number of aromatic hydroxyl groups is 1. The SMILES string of the molecule is CCCNC(=O)CNCc1cc(F)c(O)c(F)c1. The fourth-order valence-corrected chi connectivity index (χ4v) is 1.37. The Labute approximate surface area is 104 Å². The number of carbonyl (C=O) groups excluding carboxylic acids is 1.